The van der Waals surface area contributed by atoms with Crippen molar-refractivity contribution in [3.8, 4) is 17.0 Å². The summed E-state index contributed by atoms with van der Waals surface area (Å²) in [6, 6.07) is 7.86. The predicted molar refractivity (Wildman–Crippen MR) is 60.6 cm³/mol. The second-order valence-electron chi connectivity index (χ2n) is 3.58. The molecule has 16 heavy (non-hydrogen) atoms. The smallest absolute Gasteiger partial charge is 0.120 e. The van der Waals surface area contributed by atoms with Crippen LogP contribution < -0.4 is 4.74 Å². The highest BCUT2D eigenvalue weighted by Crippen LogP contribution is 2.23. The number of nitrogens with zero attached hydrogens (tertiary/aromatic N) is 2. The van der Waals surface area contributed by atoms with Gasteiger partial charge >= 0.3 is 0 Å². The van der Waals surface area contributed by atoms with Crippen LogP contribution in [0, 0.1) is 0 Å². The van der Waals surface area contributed by atoms with Gasteiger partial charge in [-0.25, -0.2) is 0 Å². The number of ether oxygens (including phenoxy) is 2. The van der Waals surface area contributed by atoms with Crippen LogP contribution in [0.2, 0.25) is 0 Å². The Morgan fingerprint density at radius 2 is 2.44 bits per heavy atom. The van der Waals surface area contributed by atoms with Crippen molar-refractivity contribution in [3.63, 3.8) is 0 Å². The Hall–Kier alpha value is -1.46. The highest BCUT2D eigenvalue weighted by Gasteiger charge is 2.23. The van der Waals surface area contributed by atoms with Gasteiger partial charge in [-0.05, 0) is 23.7 Å². The van der Waals surface area contributed by atoms with Crippen molar-refractivity contribution in [2.45, 2.75) is 6.10 Å². The number of aromatic nitrogens is 2. The Morgan fingerprint density at radius 3 is 3.19 bits per heavy atom. The predicted octanol–water partition coefficient (Wildman–Crippen LogP) is 1.98. The molecular formula is C11H10N2O2S. The highest BCUT2D eigenvalue weighted by atomic mass is 32.1. The van der Waals surface area contributed by atoms with E-state index in [1.807, 2.05) is 29.6 Å². The van der Waals surface area contributed by atoms with E-state index in [-0.39, 0.29) is 6.10 Å². The topological polar surface area (TPSA) is 47.5 Å². The van der Waals surface area contributed by atoms with Crippen molar-refractivity contribution in [1.82, 2.24) is 9.59 Å². The van der Waals surface area contributed by atoms with Crippen LogP contribution in [0.1, 0.15) is 0 Å². The maximum Gasteiger partial charge on any atom is 0.120 e. The third-order valence-corrected chi connectivity index (χ3v) is 2.83. The molecular weight excluding hydrogens is 224 g/mol. The lowest BCUT2D eigenvalue weighted by Gasteiger charge is -2.04. The van der Waals surface area contributed by atoms with E-state index in [1.54, 1.807) is 0 Å². The molecule has 5 heteroatoms. The molecule has 1 atom stereocenters. The van der Waals surface area contributed by atoms with Crippen LogP contribution in [-0.2, 0) is 4.74 Å². The van der Waals surface area contributed by atoms with E-state index in [4.69, 9.17) is 9.47 Å². The molecule has 4 nitrogen and oxygen atoms in total. The van der Waals surface area contributed by atoms with Crippen LogP contribution in [0.5, 0.6) is 5.75 Å². The Morgan fingerprint density at radius 1 is 1.50 bits per heavy atom. The molecule has 0 N–H and O–H groups in total. The van der Waals surface area contributed by atoms with Gasteiger partial charge in [0.05, 0.1) is 6.61 Å². The average molecular weight is 234 g/mol. The number of epoxide rings is 1. The number of benzene rings is 1. The summed E-state index contributed by atoms with van der Waals surface area (Å²) < 4.78 is 14.5. The minimum atomic E-state index is 0.282. The molecule has 0 amide bonds. The average Bonchev–Trinajstić information content (AvgIpc) is 2.99. The lowest BCUT2D eigenvalue weighted by Crippen LogP contribution is -2.03. The fraction of sp³-hybridized carbons (Fsp3) is 0.273. The molecule has 0 aliphatic carbocycles. The molecule has 1 aliphatic rings. The maximum atomic E-state index is 5.60. The van der Waals surface area contributed by atoms with Gasteiger partial charge in [0.2, 0.25) is 0 Å². The second-order valence-corrected chi connectivity index (χ2v) is 4.19. The first-order valence-electron chi connectivity index (χ1n) is 5.04. The molecule has 1 fully saturated rings. The first-order valence-corrected chi connectivity index (χ1v) is 5.87. The zero-order valence-corrected chi connectivity index (χ0v) is 9.31. The van der Waals surface area contributed by atoms with Gasteiger partial charge in [0.1, 0.15) is 24.2 Å². The van der Waals surface area contributed by atoms with Crippen molar-refractivity contribution in [1.29, 1.82) is 0 Å². The summed E-state index contributed by atoms with van der Waals surface area (Å²) in [5.41, 5.74) is 1.92. The molecule has 3 rings (SSSR count). The van der Waals surface area contributed by atoms with Gasteiger partial charge in [-0.2, -0.15) is 0 Å². The summed E-state index contributed by atoms with van der Waals surface area (Å²) in [6.45, 7) is 1.44. The third kappa shape index (κ3) is 2.20. The minimum absolute atomic E-state index is 0.282. The lowest BCUT2D eigenvalue weighted by molar-refractivity contribution is 0.263. The van der Waals surface area contributed by atoms with Gasteiger partial charge < -0.3 is 9.47 Å². The molecule has 2 aromatic rings. The van der Waals surface area contributed by atoms with Gasteiger partial charge in [0.15, 0.2) is 0 Å². The summed E-state index contributed by atoms with van der Waals surface area (Å²) in [5, 5.41) is 5.94. The normalized spacial score (nSPS) is 18.4. The molecule has 1 aliphatic heterocycles. The number of rotatable bonds is 4. The molecule has 0 saturated carbocycles. The van der Waals surface area contributed by atoms with Crippen LogP contribution in [0.4, 0.5) is 0 Å². The summed E-state index contributed by atoms with van der Waals surface area (Å²) >= 11 is 1.35. The zero-order valence-electron chi connectivity index (χ0n) is 8.50. The number of hydrogen-bond donors (Lipinski definition) is 0. The highest BCUT2D eigenvalue weighted by molar-refractivity contribution is 7.03. The first kappa shape index (κ1) is 9.74. The van der Waals surface area contributed by atoms with E-state index in [9.17, 15) is 0 Å². The fourth-order valence-corrected chi connectivity index (χ4v) is 1.85. The van der Waals surface area contributed by atoms with Crippen molar-refractivity contribution in [2.24, 2.45) is 0 Å². The van der Waals surface area contributed by atoms with E-state index in [0.717, 1.165) is 23.6 Å². The van der Waals surface area contributed by atoms with Crippen LogP contribution in [0.25, 0.3) is 11.3 Å². The molecule has 1 aromatic heterocycles. The summed E-state index contributed by atoms with van der Waals surface area (Å²) in [4.78, 5) is 0. The van der Waals surface area contributed by atoms with Crippen LogP contribution >= 0.6 is 11.5 Å². The minimum Gasteiger partial charge on any atom is -0.491 e. The van der Waals surface area contributed by atoms with E-state index >= 15 is 0 Å². The molecule has 1 aromatic carbocycles. The van der Waals surface area contributed by atoms with Crippen LogP contribution in [0.3, 0.4) is 0 Å². The summed E-state index contributed by atoms with van der Waals surface area (Å²) in [7, 11) is 0. The van der Waals surface area contributed by atoms with E-state index in [1.165, 1.54) is 11.5 Å². The Balaban J connectivity index is 1.76. The van der Waals surface area contributed by atoms with Crippen molar-refractivity contribution in [2.75, 3.05) is 13.2 Å². The lowest BCUT2D eigenvalue weighted by atomic mass is 10.2. The zero-order chi connectivity index (χ0) is 10.8. The summed E-state index contributed by atoms with van der Waals surface area (Å²) in [5.74, 6) is 0.848. The van der Waals surface area contributed by atoms with Crippen molar-refractivity contribution >= 4 is 11.5 Å². The standard InChI is InChI=1S/C11H10N2O2S/c1-2-8(11-7-16-13-12-11)4-9(3-1)14-5-10-6-15-10/h1-4,7,10H,5-6H2. The Labute approximate surface area is 97.0 Å². The molecule has 2 heterocycles. The van der Waals surface area contributed by atoms with E-state index < -0.39 is 0 Å². The quantitative estimate of drug-likeness (QED) is 0.759. The molecule has 0 spiro atoms. The van der Waals surface area contributed by atoms with E-state index in [0.29, 0.717) is 6.61 Å². The van der Waals surface area contributed by atoms with Gasteiger partial charge in [-0.1, -0.05) is 16.6 Å². The second kappa shape index (κ2) is 4.19. The molecule has 82 valence electrons. The maximum absolute atomic E-state index is 5.60. The SMILES string of the molecule is c1cc(OCC2CO2)cc(-c2csnn2)c1. The molecule has 0 bridgehead atoms. The Bertz CT molecular complexity index is 469. The first-order chi connectivity index (χ1) is 7.92. The van der Waals surface area contributed by atoms with Crippen LogP contribution in [0.15, 0.2) is 29.6 Å². The third-order valence-electron chi connectivity index (χ3n) is 2.33. The molecule has 1 saturated heterocycles. The number of hydrogen-bond acceptors (Lipinski definition) is 5. The molecule has 0 radical (unpaired) electrons. The Kier molecular flexibility index (Phi) is 2.55. The van der Waals surface area contributed by atoms with Gasteiger partial charge in [-0.15, -0.1) is 5.10 Å². The molecule has 1 unspecified atom stereocenters. The van der Waals surface area contributed by atoms with Gasteiger partial charge in [0.25, 0.3) is 0 Å². The van der Waals surface area contributed by atoms with Crippen LogP contribution in [-0.4, -0.2) is 28.9 Å². The van der Waals surface area contributed by atoms with E-state index in [2.05, 4.69) is 9.59 Å². The fourth-order valence-electron chi connectivity index (χ4n) is 1.39. The van der Waals surface area contributed by atoms with Crippen molar-refractivity contribution in [3.05, 3.63) is 29.6 Å². The van der Waals surface area contributed by atoms with Crippen molar-refractivity contribution < 1.29 is 9.47 Å². The monoisotopic (exact) mass is 234 g/mol. The van der Waals surface area contributed by atoms with Gasteiger partial charge in [-0.3, -0.25) is 0 Å². The summed E-state index contributed by atoms with van der Waals surface area (Å²) in [6.07, 6.45) is 0.282. The van der Waals surface area contributed by atoms with Gasteiger partial charge in [0, 0.05) is 10.9 Å². The largest absolute Gasteiger partial charge is 0.491 e.